The van der Waals surface area contributed by atoms with E-state index in [9.17, 15) is 18.0 Å². The van der Waals surface area contributed by atoms with E-state index in [1.807, 2.05) is 0 Å². The molecule has 0 aliphatic heterocycles. The second-order valence-electron chi connectivity index (χ2n) is 5.34. The van der Waals surface area contributed by atoms with Crippen LogP contribution in [0.1, 0.15) is 0 Å². The van der Waals surface area contributed by atoms with Crippen molar-refractivity contribution in [2.45, 2.75) is 11.5 Å². The number of carbonyl (C=O) groups excluding carboxylic acids is 1. The third-order valence-corrected chi connectivity index (χ3v) is 4.50. The van der Waals surface area contributed by atoms with Gasteiger partial charge in [0.05, 0.1) is 17.1 Å². The van der Waals surface area contributed by atoms with Gasteiger partial charge in [0, 0.05) is 5.02 Å². The number of anilines is 1. The lowest BCUT2D eigenvalue weighted by atomic mass is 10.3. The highest BCUT2D eigenvalue weighted by molar-refractivity contribution is 7.99. The molecule has 3 aromatic rings. The summed E-state index contributed by atoms with van der Waals surface area (Å²) in [6.07, 6.45) is -3.39. The zero-order valence-electron chi connectivity index (χ0n) is 14.0. The van der Waals surface area contributed by atoms with Gasteiger partial charge in [0.2, 0.25) is 5.91 Å². The Morgan fingerprint density at radius 2 is 2.00 bits per heavy atom. The molecule has 2 aromatic carbocycles. The fraction of sp³-hybridized carbons (Fsp3) is 0.118. The number of benzene rings is 2. The Morgan fingerprint density at radius 1 is 1.21 bits per heavy atom. The van der Waals surface area contributed by atoms with E-state index in [0.29, 0.717) is 15.9 Å². The van der Waals surface area contributed by atoms with Gasteiger partial charge in [0.25, 0.3) is 0 Å². The molecule has 0 unspecified atom stereocenters. The van der Waals surface area contributed by atoms with Crippen molar-refractivity contribution < 1.29 is 22.7 Å². The van der Waals surface area contributed by atoms with Crippen molar-refractivity contribution in [1.29, 1.82) is 0 Å². The highest BCUT2D eigenvalue weighted by Crippen LogP contribution is 2.30. The van der Waals surface area contributed by atoms with Crippen LogP contribution < -0.4 is 10.1 Å². The lowest BCUT2D eigenvalue weighted by Gasteiger charge is -2.13. The quantitative estimate of drug-likeness (QED) is 0.583. The van der Waals surface area contributed by atoms with Crippen LogP contribution >= 0.6 is 23.4 Å². The summed E-state index contributed by atoms with van der Waals surface area (Å²) in [5, 5.41) is 11.1. The first-order chi connectivity index (χ1) is 13.3. The Kier molecular flexibility index (Phi) is 6.10. The molecule has 6 nitrogen and oxygen atoms in total. The summed E-state index contributed by atoms with van der Waals surface area (Å²) in [6.45, 7) is 0. The Labute approximate surface area is 166 Å². The minimum absolute atomic E-state index is 0.0817. The molecule has 0 aliphatic rings. The molecule has 1 N–H and O–H groups in total. The van der Waals surface area contributed by atoms with Gasteiger partial charge in [0.15, 0.2) is 10.9 Å². The molecule has 0 spiro atoms. The number of para-hydroxylation sites is 2. The number of amides is 1. The van der Waals surface area contributed by atoms with Gasteiger partial charge in [-0.25, -0.2) is 0 Å². The van der Waals surface area contributed by atoms with Crippen LogP contribution in [0.3, 0.4) is 0 Å². The van der Waals surface area contributed by atoms with E-state index in [1.54, 1.807) is 28.8 Å². The van der Waals surface area contributed by atoms with E-state index in [0.717, 1.165) is 17.8 Å². The summed E-state index contributed by atoms with van der Waals surface area (Å²) >= 11 is 7.05. The van der Waals surface area contributed by atoms with Crippen molar-refractivity contribution in [2.75, 3.05) is 11.1 Å². The van der Waals surface area contributed by atoms with Crippen LogP contribution in [0.15, 0.2) is 60.0 Å². The minimum atomic E-state index is -4.86. The first-order valence-corrected chi connectivity index (χ1v) is 9.11. The normalized spacial score (nSPS) is 11.3. The summed E-state index contributed by atoms with van der Waals surface area (Å²) < 4.78 is 42.9. The highest BCUT2D eigenvalue weighted by atomic mass is 35.5. The van der Waals surface area contributed by atoms with E-state index in [4.69, 9.17) is 11.6 Å². The fourth-order valence-corrected chi connectivity index (χ4v) is 3.14. The van der Waals surface area contributed by atoms with Gasteiger partial charge in [-0.1, -0.05) is 41.6 Å². The average Bonchev–Trinajstić information content (AvgIpc) is 3.09. The van der Waals surface area contributed by atoms with Crippen molar-refractivity contribution >= 4 is 35.0 Å². The highest BCUT2D eigenvalue weighted by Gasteiger charge is 2.32. The van der Waals surface area contributed by atoms with Crippen molar-refractivity contribution in [3.63, 3.8) is 0 Å². The third-order valence-electron chi connectivity index (χ3n) is 3.32. The lowest BCUT2D eigenvalue weighted by molar-refractivity contribution is -0.274. The summed E-state index contributed by atoms with van der Waals surface area (Å²) in [5.41, 5.74) is 0.631. The number of nitrogens with zero attached hydrogens (tertiary/aromatic N) is 3. The minimum Gasteiger partial charge on any atom is -0.404 e. The Bertz CT molecular complexity index is 981. The molecule has 0 aliphatic carbocycles. The first-order valence-electron chi connectivity index (χ1n) is 7.75. The number of rotatable bonds is 6. The number of carbonyl (C=O) groups is 1. The first kappa shape index (κ1) is 20.0. The van der Waals surface area contributed by atoms with Crippen molar-refractivity contribution in [1.82, 2.24) is 14.8 Å². The number of aromatic nitrogens is 3. The molecule has 0 atom stereocenters. The molecule has 146 valence electrons. The molecule has 0 saturated carbocycles. The number of hydrogen-bond donors (Lipinski definition) is 1. The molecule has 0 fully saturated rings. The smallest absolute Gasteiger partial charge is 0.404 e. The summed E-state index contributed by atoms with van der Waals surface area (Å²) in [5.74, 6) is -1.11. The van der Waals surface area contributed by atoms with Crippen LogP contribution in [0, 0.1) is 0 Å². The number of halogens is 4. The second kappa shape index (κ2) is 8.53. The maximum Gasteiger partial charge on any atom is 0.573 e. The second-order valence-corrected chi connectivity index (χ2v) is 6.72. The number of alkyl halides is 3. The van der Waals surface area contributed by atoms with E-state index in [2.05, 4.69) is 20.3 Å². The van der Waals surface area contributed by atoms with Gasteiger partial charge >= 0.3 is 6.36 Å². The predicted octanol–water partition coefficient (Wildman–Crippen LogP) is 4.55. The number of nitrogens with one attached hydrogen (secondary N) is 1. The van der Waals surface area contributed by atoms with Gasteiger partial charge in [0.1, 0.15) is 6.33 Å². The van der Waals surface area contributed by atoms with Gasteiger partial charge in [-0.3, -0.25) is 9.36 Å². The molecular formula is C17H12ClF3N4O2S. The summed E-state index contributed by atoms with van der Waals surface area (Å²) in [4.78, 5) is 12.2. The van der Waals surface area contributed by atoms with Crippen LogP contribution in [0.4, 0.5) is 18.9 Å². The van der Waals surface area contributed by atoms with E-state index < -0.39 is 18.0 Å². The Hall–Kier alpha value is -2.72. The van der Waals surface area contributed by atoms with Crippen molar-refractivity contribution in [3.8, 4) is 11.4 Å². The van der Waals surface area contributed by atoms with Gasteiger partial charge < -0.3 is 10.1 Å². The maximum absolute atomic E-state index is 12.5. The van der Waals surface area contributed by atoms with E-state index in [1.165, 1.54) is 24.5 Å². The Morgan fingerprint density at radius 3 is 2.75 bits per heavy atom. The molecule has 11 heteroatoms. The predicted molar refractivity (Wildman–Crippen MR) is 98.8 cm³/mol. The number of ether oxygens (including phenoxy) is 1. The monoisotopic (exact) mass is 428 g/mol. The standard InChI is InChI=1S/C17H12ClF3N4O2S/c18-11-4-3-5-12(8-11)25-10-22-24-16(25)28-9-15(26)23-13-6-1-2-7-14(13)27-17(19,20)21/h1-8,10H,9H2,(H,23,26). The largest absolute Gasteiger partial charge is 0.573 e. The molecule has 3 rings (SSSR count). The van der Waals surface area contributed by atoms with Gasteiger partial charge in [-0.05, 0) is 30.3 Å². The molecule has 1 aromatic heterocycles. The SMILES string of the molecule is O=C(CSc1nncn1-c1cccc(Cl)c1)Nc1ccccc1OC(F)(F)F. The summed E-state index contributed by atoms with van der Waals surface area (Å²) in [7, 11) is 0. The van der Waals surface area contributed by atoms with Crippen molar-refractivity contribution in [3.05, 3.63) is 59.9 Å². The van der Waals surface area contributed by atoms with Crippen LogP contribution in [0.2, 0.25) is 5.02 Å². The third kappa shape index (κ3) is 5.40. The van der Waals surface area contributed by atoms with Crippen LogP contribution in [0.25, 0.3) is 5.69 Å². The molecule has 0 bridgehead atoms. The fourth-order valence-electron chi connectivity index (χ4n) is 2.23. The lowest BCUT2D eigenvalue weighted by Crippen LogP contribution is -2.20. The Balaban J connectivity index is 1.66. The van der Waals surface area contributed by atoms with Gasteiger partial charge in [-0.2, -0.15) is 0 Å². The molecule has 1 amide bonds. The van der Waals surface area contributed by atoms with Crippen LogP contribution in [-0.2, 0) is 4.79 Å². The molecule has 0 saturated heterocycles. The number of thioether (sulfide) groups is 1. The summed E-state index contributed by atoms with van der Waals surface area (Å²) in [6, 6.07) is 12.3. The van der Waals surface area contributed by atoms with Gasteiger partial charge in [-0.15, -0.1) is 23.4 Å². The topological polar surface area (TPSA) is 69.0 Å². The van der Waals surface area contributed by atoms with Crippen LogP contribution in [0.5, 0.6) is 5.75 Å². The maximum atomic E-state index is 12.5. The zero-order valence-corrected chi connectivity index (χ0v) is 15.6. The zero-order chi connectivity index (χ0) is 20.1. The average molecular weight is 429 g/mol. The molecular weight excluding hydrogens is 417 g/mol. The van der Waals surface area contributed by atoms with E-state index >= 15 is 0 Å². The van der Waals surface area contributed by atoms with Crippen molar-refractivity contribution in [2.24, 2.45) is 0 Å². The molecule has 28 heavy (non-hydrogen) atoms. The van der Waals surface area contributed by atoms with E-state index in [-0.39, 0.29) is 11.4 Å². The van der Waals surface area contributed by atoms with Crippen LogP contribution in [-0.4, -0.2) is 32.8 Å². The number of hydrogen-bond acceptors (Lipinski definition) is 5. The molecule has 1 heterocycles. The molecule has 0 radical (unpaired) electrons.